The van der Waals surface area contributed by atoms with Gasteiger partial charge in [-0.05, 0) is 45.5 Å². The fourth-order valence-corrected chi connectivity index (χ4v) is 10.2. The van der Waals surface area contributed by atoms with Crippen LogP contribution in [0.3, 0.4) is 0 Å². The van der Waals surface area contributed by atoms with E-state index in [1.165, 1.54) is 6.92 Å². The molecule has 2 saturated heterocycles. The quantitative estimate of drug-likeness (QED) is 0.0509. The van der Waals surface area contributed by atoms with Crippen LogP contribution in [0.1, 0.15) is 40.3 Å². The molecule has 2 aliphatic rings. The Morgan fingerprint density at radius 3 is 1.14 bits per heavy atom. The first-order chi connectivity index (χ1) is 36.5. The maximum atomic E-state index is 13.2. The Hall–Kier alpha value is -6.00. The number of carbonyl (C=O) groups is 1. The summed E-state index contributed by atoms with van der Waals surface area (Å²) < 4.78 is 69.2. The van der Waals surface area contributed by atoms with Crippen LogP contribution in [0.4, 0.5) is 0 Å². The molecule has 0 bridgehead atoms. The molecular formula is C62H64O11S. The Morgan fingerprint density at radius 1 is 0.392 bits per heavy atom. The lowest BCUT2D eigenvalue weighted by molar-refractivity contribution is -0.356. The van der Waals surface area contributed by atoms with Gasteiger partial charge < -0.3 is 47.4 Å². The highest BCUT2D eigenvalue weighted by Gasteiger charge is 2.55. The molecule has 9 rings (SSSR count). The SMILES string of the molecule is CC(=O)O[C@H]1[C@H](OCc2ccccc2)[C@@H](OCc2ccccc2)[C@@H](O[C@H]2[C@H](OCc3ccccc3)[C@@H](OCc3ccccc3)[C@H](Sc3ccccc3)O[C@@H]2COCc2ccccc2)O[C@@H]1COCc1ccccc1. The van der Waals surface area contributed by atoms with E-state index >= 15 is 0 Å². The summed E-state index contributed by atoms with van der Waals surface area (Å²) in [5.74, 6) is -0.507. The molecule has 0 aromatic heterocycles. The third kappa shape index (κ3) is 15.5. The monoisotopic (exact) mass is 1020 g/mol. The molecule has 0 aliphatic carbocycles. The Bertz CT molecular complexity index is 2660. The van der Waals surface area contributed by atoms with E-state index < -0.39 is 66.5 Å². The van der Waals surface area contributed by atoms with Gasteiger partial charge in [-0.3, -0.25) is 4.79 Å². The predicted octanol–water partition coefficient (Wildman–Crippen LogP) is 11.3. The zero-order valence-electron chi connectivity index (χ0n) is 41.5. The number of rotatable bonds is 25. The standard InChI is InChI=1S/C62H64O11S/c1-45(63)70-55-53(43-64-37-46-23-9-2-10-24-46)71-61(59(68-41-50-31-17-6-18-32-50)57(55)66-39-48-27-13-4-14-28-48)73-56-54(44-65-38-47-25-11-3-12-26-47)72-62(74-52-35-21-8-22-36-52)60(69-42-51-33-19-7-20-34-51)58(56)67-40-49-29-15-5-16-30-49/h2-36,53-62H,37-44H2,1H3/t53-,54-,55-,56-,57+,58+,59-,60-,61-,62+/m1/s1. The number of carbonyl (C=O) groups excluding carboxylic acids is 1. The summed E-state index contributed by atoms with van der Waals surface area (Å²) >= 11 is 1.56. The molecule has 0 N–H and O–H groups in total. The Kier molecular flexibility index (Phi) is 20.0. The summed E-state index contributed by atoms with van der Waals surface area (Å²) in [6.07, 6.45) is -8.03. The van der Waals surface area contributed by atoms with Gasteiger partial charge in [0.1, 0.15) is 48.2 Å². The van der Waals surface area contributed by atoms with Crippen LogP contribution in [-0.4, -0.2) is 79.7 Å². The lowest BCUT2D eigenvalue weighted by Gasteiger charge is -2.50. The molecular weight excluding hydrogens is 953 g/mol. The van der Waals surface area contributed by atoms with Crippen molar-refractivity contribution in [2.24, 2.45) is 0 Å². The van der Waals surface area contributed by atoms with Crippen molar-refractivity contribution < 1.29 is 52.2 Å². The van der Waals surface area contributed by atoms with Gasteiger partial charge >= 0.3 is 5.97 Å². The first-order valence-corrected chi connectivity index (χ1v) is 26.1. The van der Waals surface area contributed by atoms with Crippen molar-refractivity contribution in [3.63, 3.8) is 0 Å². The third-order valence-electron chi connectivity index (χ3n) is 12.7. The molecule has 2 heterocycles. The van der Waals surface area contributed by atoms with Gasteiger partial charge in [-0.2, -0.15) is 0 Å². The number of esters is 1. The third-order valence-corrected chi connectivity index (χ3v) is 13.9. The molecule has 2 fully saturated rings. The smallest absolute Gasteiger partial charge is 0.303 e. The second kappa shape index (κ2) is 28.1. The van der Waals surface area contributed by atoms with Crippen molar-refractivity contribution in [3.05, 3.63) is 246 Å². The molecule has 7 aromatic carbocycles. The summed E-state index contributed by atoms with van der Waals surface area (Å²) in [5, 5.41) is 0. The molecule has 0 spiro atoms. The maximum absolute atomic E-state index is 13.2. The van der Waals surface area contributed by atoms with Gasteiger partial charge in [0.25, 0.3) is 0 Å². The Labute approximate surface area is 438 Å². The van der Waals surface area contributed by atoms with Crippen molar-refractivity contribution in [2.75, 3.05) is 13.2 Å². The number of ether oxygens (including phenoxy) is 10. The summed E-state index contributed by atoms with van der Waals surface area (Å²) in [4.78, 5) is 14.2. The second-order valence-electron chi connectivity index (χ2n) is 18.2. The van der Waals surface area contributed by atoms with Crippen molar-refractivity contribution in [2.45, 2.75) is 112 Å². The van der Waals surface area contributed by atoms with E-state index in [9.17, 15) is 4.79 Å². The van der Waals surface area contributed by atoms with E-state index in [1.54, 1.807) is 11.8 Å². The maximum Gasteiger partial charge on any atom is 0.303 e. The van der Waals surface area contributed by atoms with Gasteiger partial charge in [0.15, 0.2) is 12.4 Å². The minimum absolute atomic E-state index is 0.0284. The van der Waals surface area contributed by atoms with E-state index in [4.69, 9.17) is 47.4 Å². The molecule has 74 heavy (non-hydrogen) atoms. The lowest BCUT2D eigenvalue weighted by Crippen LogP contribution is -2.66. The van der Waals surface area contributed by atoms with Gasteiger partial charge in [-0.25, -0.2) is 0 Å². The van der Waals surface area contributed by atoms with Crippen LogP contribution in [0.2, 0.25) is 0 Å². The molecule has 0 saturated carbocycles. The van der Waals surface area contributed by atoms with Crippen LogP contribution in [0.25, 0.3) is 0 Å². The predicted molar refractivity (Wildman–Crippen MR) is 282 cm³/mol. The number of hydrogen-bond acceptors (Lipinski definition) is 12. The Balaban J connectivity index is 1.13. The number of hydrogen-bond donors (Lipinski definition) is 0. The summed E-state index contributed by atoms with van der Waals surface area (Å²) in [7, 11) is 0. The van der Waals surface area contributed by atoms with E-state index in [0.717, 1.165) is 38.3 Å². The molecule has 0 radical (unpaired) electrons. The summed E-state index contributed by atoms with van der Waals surface area (Å²) in [6.45, 7) is 3.01. The fourth-order valence-electron chi connectivity index (χ4n) is 9.05. The van der Waals surface area contributed by atoms with E-state index in [0.29, 0.717) is 6.61 Å². The lowest BCUT2D eigenvalue weighted by atomic mass is 9.96. The second-order valence-corrected chi connectivity index (χ2v) is 19.4. The molecule has 7 aromatic rings. The van der Waals surface area contributed by atoms with Gasteiger partial charge in [-0.15, -0.1) is 0 Å². The van der Waals surface area contributed by atoms with Crippen molar-refractivity contribution in [3.8, 4) is 0 Å². The molecule has 2 aliphatic heterocycles. The normalized spacial score (nSPS) is 23.7. The van der Waals surface area contributed by atoms with E-state index in [-0.39, 0.29) is 46.2 Å². The first kappa shape index (κ1) is 52.8. The largest absolute Gasteiger partial charge is 0.457 e. The van der Waals surface area contributed by atoms with Crippen molar-refractivity contribution in [1.29, 1.82) is 0 Å². The van der Waals surface area contributed by atoms with Crippen LogP contribution >= 0.6 is 11.8 Å². The Morgan fingerprint density at radius 2 is 0.730 bits per heavy atom. The topological polar surface area (TPSA) is 109 Å². The fraction of sp³-hybridized carbons (Fsp3) is 0.306. The minimum Gasteiger partial charge on any atom is -0.457 e. The molecule has 11 nitrogen and oxygen atoms in total. The average molecular weight is 1020 g/mol. The summed E-state index contributed by atoms with van der Waals surface area (Å²) in [5.41, 5.74) is 5.19. The number of benzene rings is 7. The number of thioether (sulfide) groups is 1. The first-order valence-electron chi connectivity index (χ1n) is 25.2. The van der Waals surface area contributed by atoms with Crippen LogP contribution in [0.5, 0.6) is 0 Å². The van der Waals surface area contributed by atoms with Crippen LogP contribution in [0.15, 0.2) is 217 Å². The van der Waals surface area contributed by atoms with Crippen molar-refractivity contribution >= 4 is 17.7 Å². The average Bonchev–Trinajstić information content (AvgIpc) is 3.44. The van der Waals surface area contributed by atoms with Gasteiger partial charge in [0.2, 0.25) is 0 Å². The highest BCUT2D eigenvalue weighted by atomic mass is 32.2. The van der Waals surface area contributed by atoms with Crippen molar-refractivity contribution in [1.82, 2.24) is 0 Å². The van der Waals surface area contributed by atoms with Gasteiger partial charge in [0, 0.05) is 11.8 Å². The zero-order valence-corrected chi connectivity index (χ0v) is 42.4. The molecule has 12 heteroatoms. The van der Waals surface area contributed by atoms with Crippen LogP contribution < -0.4 is 0 Å². The van der Waals surface area contributed by atoms with Gasteiger partial charge in [-0.1, -0.05) is 212 Å². The molecule has 10 atom stereocenters. The van der Waals surface area contributed by atoms with Crippen LogP contribution in [-0.2, 0) is 91.8 Å². The molecule has 0 unspecified atom stereocenters. The van der Waals surface area contributed by atoms with E-state index in [2.05, 4.69) is 12.1 Å². The highest BCUT2D eigenvalue weighted by molar-refractivity contribution is 7.99. The highest BCUT2D eigenvalue weighted by Crippen LogP contribution is 2.40. The minimum atomic E-state index is -1.17. The molecule has 0 amide bonds. The zero-order chi connectivity index (χ0) is 50.6. The summed E-state index contributed by atoms with van der Waals surface area (Å²) in [6, 6.07) is 69.9. The van der Waals surface area contributed by atoms with Crippen LogP contribution in [0, 0.1) is 0 Å². The van der Waals surface area contributed by atoms with Gasteiger partial charge in [0.05, 0.1) is 52.9 Å². The molecule has 384 valence electrons. The van der Waals surface area contributed by atoms with E-state index in [1.807, 2.05) is 200 Å².